The van der Waals surface area contributed by atoms with Crippen LogP contribution < -0.4 is 5.32 Å². The van der Waals surface area contributed by atoms with Crippen molar-refractivity contribution in [2.45, 2.75) is 38.0 Å². The Morgan fingerprint density at radius 3 is 2.37 bits per heavy atom. The molecule has 0 aliphatic carbocycles. The first-order valence-electron chi connectivity index (χ1n) is 10.7. The molecular formula is C24H33N3O2S. The predicted octanol–water partition coefficient (Wildman–Crippen LogP) is 3.82. The number of aliphatic imine (C=N–C) groups is 1. The molecule has 0 aromatic heterocycles. The van der Waals surface area contributed by atoms with Crippen LogP contribution in [0.25, 0.3) is 0 Å². The lowest BCUT2D eigenvalue weighted by Gasteiger charge is -2.40. The first-order chi connectivity index (χ1) is 14.4. The van der Waals surface area contributed by atoms with Crippen LogP contribution in [0.3, 0.4) is 0 Å². The van der Waals surface area contributed by atoms with Crippen LogP contribution in [0.5, 0.6) is 0 Å². The standard InChI is InChI=1S/C24H33N3O2S/c1-4-21-17-27(15-14-23(21)22-8-6-5-7-9-22)24(25-2)26-16-19-10-12-20(13-11-19)18-30(3,28)29/h5-13,21,23H,4,14-18H2,1-3H3,(H,25,26). The van der Waals surface area contributed by atoms with Gasteiger partial charge < -0.3 is 10.2 Å². The summed E-state index contributed by atoms with van der Waals surface area (Å²) in [5.41, 5.74) is 3.38. The lowest BCUT2D eigenvalue weighted by atomic mass is 9.79. The molecule has 2 unspecified atom stereocenters. The molecule has 0 bridgehead atoms. The molecule has 0 saturated carbocycles. The number of hydrogen-bond acceptors (Lipinski definition) is 3. The summed E-state index contributed by atoms with van der Waals surface area (Å²) in [7, 11) is -1.17. The largest absolute Gasteiger partial charge is 0.352 e. The molecule has 3 rings (SSSR count). The average molecular weight is 428 g/mol. The van der Waals surface area contributed by atoms with Gasteiger partial charge in [0.15, 0.2) is 15.8 Å². The van der Waals surface area contributed by atoms with Gasteiger partial charge in [-0.1, -0.05) is 67.9 Å². The summed E-state index contributed by atoms with van der Waals surface area (Å²) in [5, 5.41) is 3.48. The van der Waals surface area contributed by atoms with E-state index in [1.54, 1.807) is 0 Å². The predicted molar refractivity (Wildman–Crippen MR) is 124 cm³/mol. The van der Waals surface area contributed by atoms with Gasteiger partial charge in [0.1, 0.15) is 0 Å². The van der Waals surface area contributed by atoms with E-state index in [1.807, 2.05) is 31.3 Å². The topological polar surface area (TPSA) is 61.8 Å². The number of rotatable bonds is 6. The minimum atomic E-state index is -3.01. The Morgan fingerprint density at radius 2 is 1.77 bits per heavy atom. The fourth-order valence-corrected chi connectivity index (χ4v) is 5.14. The molecule has 1 heterocycles. The number of guanidine groups is 1. The number of nitrogens with one attached hydrogen (secondary N) is 1. The van der Waals surface area contributed by atoms with Gasteiger partial charge in [-0.25, -0.2) is 8.42 Å². The van der Waals surface area contributed by atoms with Gasteiger partial charge in [0, 0.05) is 32.9 Å². The maximum absolute atomic E-state index is 11.4. The molecule has 162 valence electrons. The highest BCUT2D eigenvalue weighted by molar-refractivity contribution is 7.89. The third-order valence-corrected chi connectivity index (χ3v) is 6.76. The van der Waals surface area contributed by atoms with E-state index in [2.05, 4.69) is 52.5 Å². The van der Waals surface area contributed by atoms with Crippen LogP contribution in [-0.4, -0.2) is 45.7 Å². The van der Waals surface area contributed by atoms with Crippen LogP contribution in [0.4, 0.5) is 0 Å². The molecule has 2 atom stereocenters. The molecule has 2 aromatic rings. The zero-order valence-electron chi connectivity index (χ0n) is 18.2. The zero-order chi connectivity index (χ0) is 21.6. The second kappa shape index (κ2) is 10.1. The van der Waals surface area contributed by atoms with Crippen LogP contribution >= 0.6 is 0 Å². The quantitative estimate of drug-likeness (QED) is 0.562. The first-order valence-corrected chi connectivity index (χ1v) is 12.7. The van der Waals surface area contributed by atoms with E-state index >= 15 is 0 Å². The van der Waals surface area contributed by atoms with E-state index in [0.717, 1.165) is 43.0 Å². The third-order valence-electron chi connectivity index (χ3n) is 5.90. The second-order valence-corrected chi connectivity index (χ2v) is 10.3. The van der Waals surface area contributed by atoms with E-state index in [0.29, 0.717) is 18.4 Å². The van der Waals surface area contributed by atoms with Crippen molar-refractivity contribution in [1.29, 1.82) is 0 Å². The fourth-order valence-electron chi connectivity index (χ4n) is 4.35. The molecule has 1 saturated heterocycles. The first kappa shape index (κ1) is 22.3. The Kier molecular flexibility index (Phi) is 7.53. The molecule has 1 aliphatic heterocycles. The number of benzene rings is 2. The number of hydrogen-bond donors (Lipinski definition) is 1. The van der Waals surface area contributed by atoms with Crippen molar-refractivity contribution in [2.75, 3.05) is 26.4 Å². The van der Waals surface area contributed by atoms with E-state index in [9.17, 15) is 8.42 Å². The Bertz CT molecular complexity index is 940. The summed E-state index contributed by atoms with van der Waals surface area (Å²) >= 11 is 0. The van der Waals surface area contributed by atoms with Gasteiger partial charge in [0.25, 0.3) is 0 Å². The molecule has 0 spiro atoms. The monoisotopic (exact) mass is 427 g/mol. The van der Waals surface area contributed by atoms with Crippen molar-refractivity contribution in [2.24, 2.45) is 10.9 Å². The van der Waals surface area contributed by atoms with E-state index in [4.69, 9.17) is 0 Å². The third kappa shape index (κ3) is 6.08. The maximum Gasteiger partial charge on any atom is 0.193 e. The average Bonchev–Trinajstić information content (AvgIpc) is 2.74. The van der Waals surface area contributed by atoms with E-state index in [-0.39, 0.29) is 5.75 Å². The number of likely N-dealkylation sites (tertiary alicyclic amines) is 1. The summed E-state index contributed by atoms with van der Waals surface area (Å²) in [5.74, 6) is 2.22. The lowest BCUT2D eigenvalue weighted by Crippen LogP contribution is -2.48. The molecule has 30 heavy (non-hydrogen) atoms. The number of sulfone groups is 1. The maximum atomic E-state index is 11.4. The lowest BCUT2D eigenvalue weighted by molar-refractivity contribution is 0.215. The van der Waals surface area contributed by atoms with Crippen LogP contribution in [0, 0.1) is 5.92 Å². The van der Waals surface area contributed by atoms with Crippen molar-refractivity contribution in [1.82, 2.24) is 10.2 Å². The normalized spacial score (nSPS) is 20.2. The van der Waals surface area contributed by atoms with Gasteiger partial charge in [-0.15, -0.1) is 0 Å². The molecule has 6 heteroatoms. The Morgan fingerprint density at radius 1 is 1.10 bits per heavy atom. The molecule has 0 radical (unpaired) electrons. The van der Waals surface area contributed by atoms with Gasteiger partial charge in [-0.2, -0.15) is 0 Å². The van der Waals surface area contributed by atoms with Crippen molar-refractivity contribution in [3.8, 4) is 0 Å². The Hall–Kier alpha value is -2.34. The van der Waals surface area contributed by atoms with Gasteiger partial charge in [-0.3, -0.25) is 4.99 Å². The summed E-state index contributed by atoms with van der Waals surface area (Å²) in [6.07, 6.45) is 3.54. The van der Waals surface area contributed by atoms with Crippen molar-refractivity contribution >= 4 is 15.8 Å². The molecule has 1 aliphatic rings. The molecule has 1 N–H and O–H groups in total. The SMILES string of the molecule is CCC1CN(C(=NC)NCc2ccc(CS(C)(=O)=O)cc2)CCC1c1ccccc1. The summed E-state index contributed by atoms with van der Waals surface area (Å²) in [6, 6.07) is 18.6. The highest BCUT2D eigenvalue weighted by Gasteiger charge is 2.30. The molecule has 1 fully saturated rings. The molecule has 0 amide bonds. The number of piperidine rings is 1. The Labute approximate surface area is 181 Å². The minimum Gasteiger partial charge on any atom is -0.352 e. The number of nitrogens with zero attached hydrogens (tertiary/aromatic N) is 2. The van der Waals surface area contributed by atoms with E-state index < -0.39 is 9.84 Å². The van der Waals surface area contributed by atoms with Crippen LogP contribution in [0.1, 0.15) is 42.4 Å². The highest BCUT2D eigenvalue weighted by Crippen LogP contribution is 2.34. The van der Waals surface area contributed by atoms with Gasteiger partial charge in [-0.05, 0) is 34.9 Å². The van der Waals surface area contributed by atoms with Crippen molar-refractivity contribution in [3.05, 3.63) is 71.3 Å². The highest BCUT2D eigenvalue weighted by atomic mass is 32.2. The summed E-state index contributed by atoms with van der Waals surface area (Å²) < 4.78 is 22.9. The van der Waals surface area contributed by atoms with Crippen LogP contribution in [-0.2, 0) is 22.1 Å². The Balaban J connectivity index is 1.59. The van der Waals surface area contributed by atoms with Crippen LogP contribution in [0.2, 0.25) is 0 Å². The minimum absolute atomic E-state index is 0.0805. The van der Waals surface area contributed by atoms with Crippen molar-refractivity contribution < 1.29 is 8.42 Å². The molecular weight excluding hydrogens is 394 g/mol. The van der Waals surface area contributed by atoms with Gasteiger partial charge in [0.05, 0.1) is 5.75 Å². The zero-order valence-corrected chi connectivity index (χ0v) is 19.0. The van der Waals surface area contributed by atoms with Gasteiger partial charge in [0.2, 0.25) is 0 Å². The summed E-state index contributed by atoms with van der Waals surface area (Å²) in [4.78, 5) is 6.88. The van der Waals surface area contributed by atoms with Crippen LogP contribution in [0.15, 0.2) is 59.6 Å². The summed E-state index contributed by atoms with van der Waals surface area (Å²) in [6.45, 7) is 4.94. The van der Waals surface area contributed by atoms with Crippen molar-refractivity contribution in [3.63, 3.8) is 0 Å². The van der Waals surface area contributed by atoms with Gasteiger partial charge >= 0.3 is 0 Å². The van der Waals surface area contributed by atoms with E-state index in [1.165, 1.54) is 11.8 Å². The smallest absolute Gasteiger partial charge is 0.193 e. The second-order valence-electron chi connectivity index (χ2n) is 8.21. The fraction of sp³-hybridized carbons (Fsp3) is 0.458. The molecule has 5 nitrogen and oxygen atoms in total. The molecule has 2 aromatic carbocycles.